The number of rotatable bonds is 17. The number of fused-ring (bicyclic) bond motifs is 6. The van der Waals surface area contributed by atoms with Crippen molar-refractivity contribution in [3.05, 3.63) is 133 Å². The van der Waals surface area contributed by atoms with Gasteiger partial charge in [0, 0.05) is 48.0 Å². The van der Waals surface area contributed by atoms with Gasteiger partial charge in [-0.2, -0.15) is 0 Å². The average Bonchev–Trinajstić information content (AvgIpc) is 3.73. The molecule has 1 unspecified atom stereocenters. The number of hydrogen-bond acceptors (Lipinski definition) is 6. The Hall–Kier alpha value is -6.59. The van der Waals surface area contributed by atoms with Crippen molar-refractivity contribution in [1.29, 1.82) is 0 Å². The van der Waals surface area contributed by atoms with Crippen molar-refractivity contribution in [2.75, 3.05) is 19.7 Å². The van der Waals surface area contributed by atoms with E-state index in [-0.39, 0.29) is 47.6 Å². The first-order valence-electron chi connectivity index (χ1n) is 24.3. The fourth-order valence-electron chi connectivity index (χ4n) is 9.92. The third-order valence-electron chi connectivity index (χ3n) is 14.5. The predicted octanol–water partition coefficient (Wildman–Crippen LogP) is 10.9. The van der Waals surface area contributed by atoms with Crippen LogP contribution < -0.4 is 5.32 Å². The van der Waals surface area contributed by atoms with Crippen LogP contribution in [0.3, 0.4) is 0 Å². The topological polar surface area (TPSA) is 136 Å². The summed E-state index contributed by atoms with van der Waals surface area (Å²) in [6, 6.07) is 29.9. The molecule has 3 amide bonds. The van der Waals surface area contributed by atoms with Gasteiger partial charge in [0.25, 0.3) is 0 Å². The van der Waals surface area contributed by atoms with Gasteiger partial charge in [0.2, 0.25) is 17.7 Å². The lowest BCUT2D eigenvalue weighted by atomic mass is 9.90. The molecule has 2 aromatic heterocycles. The highest BCUT2D eigenvalue weighted by Crippen LogP contribution is 2.41. The van der Waals surface area contributed by atoms with Crippen LogP contribution in [-0.4, -0.2) is 73.3 Å². The summed E-state index contributed by atoms with van der Waals surface area (Å²) in [5, 5.41) is 7.37. The number of H-pyrrole nitrogens is 2. The maximum absolute atomic E-state index is 14.9. The maximum atomic E-state index is 14.9. The number of imidazole rings is 2. The number of likely N-dealkylation sites (tertiary alicyclic amines) is 1. The van der Waals surface area contributed by atoms with Crippen LogP contribution in [0.5, 0.6) is 0 Å². The number of carbonyl (C=O) groups is 3. The Kier molecular flexibility index (Phi) is 12.3. The zero-order valence-electron chi connectivity index (χ0n) is 39.1. The van der Waals surface area contributed by atoms with E-state index in [1.54, 1.807) is 0 Å². The summed E-state index contributed by atoms with van der Waals surface area (Å²) < 4.78 is 6.44. The summed E-state index contributed by atoms with van der Waals surface area (Å²) in [5.74, 6) is 2.08. The molecule has 0 spiro atoms. The first-order valence-corrected chi connectivity index (χ1v) is 24.3. The molecule has 2 aliphatic carbocycles. The molecule has 1 aliphatic heterocycles. The average molecular weight is 896 g/mol. The molecule has 7 aromatic rings. The Morgan fingerprint density at radius 1 is 0.881 bits per heavy atom. The van der Waals surface area contributed by atoms with Crippen LogP contribution in [0.4, 0.5) is 0 Å². The van der Waals surface area contributed by atoms with E-state index < -0.39 is 6.04 Å². The number of carbonyl (C=O) groups excluding carboxylic acids is 3. The summed E-state index contributed by atoms with van der Waals surface area (Å²) >= 11 is 0. The number of ether oxygens (including phenoxy) is 1. The van der Waals surface area contributed by atoms with Crippen molar-refractivity contribution in [3.8, 4) is 11.1 Å². The SMILES string of the molecule is C=C1C=CC1CO[C@H](C)[C@H]1C[C@@H](c2nc3c(ccc4cc(-c5ccc6c(ccc7[nH]c(CN(CCC)C(=O)C[C@@H](C)CC)nc76)c5)ccc43)[nH]2)N(C(=O)[C@H](NC(=O)C2CC2)c2ccccc2)C1. The molecule has 0 radical (unpaired) electrons. The van der Waals surface area contributed by atoms with Gasteiger partial charge in [-0.25, -0.2) is 9.97 Å². The molecule has 11 nitrogen and oxygen atoms in total. The van der Waals surface area contributed by atoms with E-state index in [1.807, 2.05) is 46.2 Å². The third-order valence-corrected chi connectivity index (χ3v) is 14.5. The van der Waals surface area contributed by atoms with Crippen LogP contribution >= 0.6 is 0 Å². The molecule has 344 valence electrons. The lowest BCUT2D eigenvalue weighted by Crippen LogP contribution is -2.44. The fourth-order valence-corrected chi connectivity index (χ4v) is 9.92. The molecule has 0 bridgehead atoms. The maximum Gasteiger partial charge on any atom is 0.250 e. The summed E-state index contributed by atoms with van der Waals surface area (Å²) in [5.41, 5.74) is 7.65. The first-order chi connectivity index (χ1) is 32.5. The Morgan fingerprint density at radius 2 is 1.57 bits per heavy atom. The zero-order valence-corrected chi connectivity index (χ0v) is 39.1. The van der Waals surface area contributed by atoms with Gasteiger partial charge in [-0.3, -0.25) is 14.4 Å². The number of nitrogens with zero attached hydrogens (tertiary/aromatic N) is 4. The third kappa shape index (κ3) is 9.01. The summed E-state index contributed by atoms with van der Waals surface area (Å²) in [6.45, 7) is 14.8. The van der Waals surface area contributed by atoms with E-state index in [2.05, 4.69) is 116 Å². The molecule has 6 atom stereocenters. The number of amides is 3. The van der Waals surface area contributed by atoms with Crippen molar-refractivity contribution < 1.29 is 19.1 Å². The highest BCUT2D eigenvalue weighted by Gasteiger charge is 2.44. The quantitative estimate of drug-likeness (QED) is 0.0833. The number of aromatic amines is 2. The molecule has 10 rings (SSSR count). The van der Waals surface area contributed by atoms with E-state index in [9.17, 15) is 14.4 Å². The van der Waals surface area contributed by atoms with Crippen molar-refractivity contribution in [2.24, 2.45) is 23.7 Å². The molecule has 3 aliphatic rings. The minimum absolute atomic E-state index is 0.0391. The van der Waals surface area contributed by atoms with E-state index >= 15 is 0 Å². The molecule has 11 heteroatoms. The Labute approximate surface area is 392 Å². The number of allylic oxidation sites excluding steroid dienone is 1. The van der Waals surface area contributed by atoms with Crippen LogP contribution in [-0.2, 0) is 25.7 Å². The molecule has 3 N–H and O–H groups in total. The van der Waals surface area contributed by atoms with E-state index in [4.69, 9.17) is 14.7 Å². The minimum Gasteiger partial charge on any atom is -0.377 e. The highest BCUT2D eigenvalue weighted by molar-refractivity contribution is 6.07. The van der Waals surface area contributed by atoms with Gasteiger partial charge in [0.05, 0.1) is 47.4 Å². The summed E-state index contributed by atoms with van der Waals surface area (Å²) in [7, 11) is 0. The van der Waals surface area contributed by atoms with Gasteiger partial charge in [0.1, 0.15) is 17.7 Å². The Balaban J connectivity index is 0.928. The predicted molar refractivity (Wildman–Crippen MR) is 266 cm³/mol. The number of benzene rings is 5. The van der Waals surface area contributed by atoms with Crippen LogP contribution in [0.25, 0.3) is 54.7 Å². The molecule has 1 saturated heterocycles. The fraction of sp³-hybridized carbons (Fsp3) is 0.375. The zero-order chi connectivity index (χ0) is 46.3. The van der Waals surface area contributed by atoms with Crippen LogP contribution in [0.2, 0.25) is 0 Å². The van der Waals surface area contributed by atoms with Gasteiger partial charge >= 0.3 is 0 Å². The standard InChI is InChI=1S/C56H61N7O4/c1-6-25-62(50(64)26-33(3)7-2)31-49-57-46-23-19-40-27-38(17-21-44(40)52(46)59-49)39-18-22-45-41(28-39)20-24-47-53(45)60-54(58-47)48-29-43(35(5)67-32-42-14-13-34(42)4)30-63(48)56(66)51(36-11-9-8-10-12-36)61-55(65)37-15-16-37/h8-14,17-24,27-28,33,35,37,42-43,48,51H,4,6-7,15-16,25-26,29-32H2,1-3,5H3,(H,57,59)(H,58,60)(H,61,65)/t33-,35+,42?,43-,48-,51+/m0/s1. The summed E-state index contributed by atoms with van der Waals surface area (Å²) in [4.78, 5) is 62.6. The molecule has 3 heterocycles. The van der Waals surface area contributed by atoms with E-state index in [0.29, 0.717) is 45.0 Å². The monoisotopic (exact) mass is 895 g/mol. The molecule has 1 saturated carbocycles. The number of nitrogens with one attached hydrogen (secondary N) is 3. The molecular formula is C56H61N7O4. The lowest BCUT2D eigenvalue weighted by Gasteiger charge is -2.29. The first kappa shape index (κ1) is 44.3. The van der Waals surface area contributed by atoms with Crippen molar-refractivity contribution >= 4 is 61.3 Å². The highest BCUT2D eigenvalue weighted by atomic mass is 16.5. The van der Waals surface area contributed by atoms with Gasteiger partial charge < -0.3 is 29.8 Å². The molecule has 67 heavy (non-hydrogen) atoms. The molecule has 5 aromatic carbocycles. The second-order valence-electron chi connectivity index (χ2n) is 19.3. The Morgan fingerprint density at radius 3 is 2.19 bits per heavy atom. The summed E-state index contributed by atoms with van der Waals surface area (Å²) in [6.07, 6.45) is 8.83. The molecule has 2 fully saturated rings. The van der Waals surface area contributed by atoms with Crippen LogP contribution in [0, 0.1) is 23.7 Å². The van der Waals surface area contributed by atoms with E-state index in [1.165, 1.54) is 0 Å². The normalized spacial score (nSPS) is 19.6. The second kappa shape index (κ2) is 18.6. The number of aromatic nitrogens is 4. The largest absolute Gasteiger partial charge is 0.377 e. The second-order valence-corrected chi connectivity index (χ2v) is 19.3. The van der Waals surface area contributed by atoms with Gasteiger partial charge in [-0.1, -0.05) is 113 Å². The van der Waals surface area contributed by atoms with Gasteiger partial charge in [-0.15, -0.1) is 0 Å². The lowest BCUT2D eigenvalue weighted by molar-refractivity contribution is -0.138. The van der Waals surface area contributed by atoms with Crippen LogP contribution in [0.1, 0.15) is 95.5 Å². The van der Waals surface area contributed by atoms with Gasteiger partial charge in [-0.05, 0) is 95.8 Å². The van der Waals surface area contributed by atoms with Crippen molar-refractivity contribution in [1.82, 2.24) is 35.1 Å². The molecular weight excluding hydrogens is 835 g/mol. The number of hydrogen-bond donors (Lipinski definition) is 3. The Bertz CT molecular complexity index is 3040. The van der Waals surface area contributed by atoms with Crippen LogP contribution in [0.15, 0.2) is 115 Å². The smallest absolute Gasteiger partial charge is 0.250 e. The van der Waals surface area contributed by atoms with E-state index in [0.717, 1.165) is 103 Å². The van der Waals surface area contributed by atoms with Crippen molar-refractivity contribution in [2.45, 2.75) is 91.0 Å². The van der Waals surface area contributed by atoms with Gasteiger partial charge in [0.15, 0.2) is 0 Å². The van der Waals surface area contributed by atoms with Crippen molar-refractivity contribution in [3.63, 3.8) is 0 Å². The minimum atomic E-state index is -0.811.